The molecule has 2 heterocycles. The van der Waals surface area contributed by atoms with E-state index in [0.29, 0.717) is 51.6 Å². The largest absolute Gasteiger partial charge is 0.480 e. The predicted molar refractivity (Wildman–Crippen MR) is 220 cm³/mol. The number of unbranched alkanes of at least 4 members (excludes halogenated alkanes) is 1. The number of nitrogens with two attached hydrogens (primary N) is 4. The topological polar surface area (TPSA) is 306 Å². The first-order chi connectivity index (χ1) is 27.8. The van der Waals surface area contributed by atoms with Crippen LogP contribution in [0.5, 0.6) is 0 Å². The molecule has 2 aliphatic rings. The van der Waals surface area contributed by atoms with Crippen molar-refractivity contribution < 1.29 is 33.9 Å². The molecule has 0 unspecified atom stereocenters. The Morgan fingerprint density at radius 3 is 2.21 bits per heavy atom. The van der Waals surface area contributed by atoms with E-state index in [4.69, 9.17) is 22.9 Å². The summed E-state index contributed by atoms with van der Waals surface area (Å²) >= 11 is 0. The van der Waals surface area contributed by atoms with E-state index in [1.54, 1.807) is 6.20 Å². The molecule has 2 fully saturated rings. The molecule has 1 saturated carbocycles. The lowest BCUT2D eigenvalue weighted by Gasteiger charge is -2.32. The van der Waals surface area contributed by atoms with Crippen LogP contribution in [-0.2, 0) is 35.2 Å². The molecule has 5 amide bonds. The van der Waals surface area contributed by atoms with Crippen molar-refractivity contribution >= 4 is 52.4 Å². The summed E-state index contributed by atoms with van der Waals surface area (Å²) in [5.74, 6) is -3.96. The number of H-pyrrole nitrogens is 1. The molecule has 1 saturated heterocycles. The maximum Gasteiger partial charge on any atom is 0.326 e. The number of aliphatic imine (C=N–C) groups is 1. The number of benzene rings is 1. The van der Waals surface area contributed by atoms with Gasteiger partial charge in [-0.3, -0.25) is 29.0 Å². The maximum atomic E-state index is 14.4. The number of aromatic amines is 1. The van der Waals surface area contributed by atoms with Gasteiger partial charge < -0.3 is 59.2 Å². The van der Waals surface area contributed by atoms with Gasteiger partial charge in [0, 0.05) is 36.6 Å². The van der Waals surface area contributed by atoms with Crippen molar-refractivity contribution in [3.63, 3.8) is 0 Å². The van der Waals surface area contributed by atoms with Gasteiger partial charge in [-0.1, -0.05) is 50.3 Å². The van der Waals surface area contributed by atoms with Crippen LogP contribution in [0.25, 0.3) is 10.9 Å². The number of nitrogens with one attached hydrogen (secondary N) is 5. The van der Waals surface area contributed by atoms with Gasteiger partial charge >= 0.3 is 5.97 Å². The van der Waals surface area contributed by atoms with Crippen molar-refractivity contribution in [2.24, 2.45) is 33.8 Å². The summed E-state index contributed by atoms with van der Waals surface area (Å²) < 4.78 is 0. The molecule has 18 heteroatoms. The molecule has 4 rings (SSSR count). The van der Waals surface area contributed by atoms with Gasteiger partial charge in [0.1, 0.15) is 30.2 Å². The van der Waals surface area contributed by atoms with Crippen LogP contribution in [0.4, 0.5) is 0 Å². The number of carboxylic acid groups (broad SMARTS) is 1. The number of likely N-dealkylation sites (tertiary alicyclic amines) is 1. The Bertz CT molecular complexity index is 1740. The van der Waals surface area contributed by atoms with Gasteiger partial charge in [0.15, 0.2) is 5.96 Å². The van der Waals surface area contributed by atoms with Crippen molar-refractivity contribution in [3.8, 4) is 0 Å². The van der Waals surface area contributed by atoms with Crippen molar-refractivity contribution in [2.45, 2.75) is 133 Å². The first kappa shape index (κ1) is 45.5. The Hall–Kier alpha value is -5.23. The zero-order chi connectivity index (χ0) is 42.2. The van der Waals surface area contributed by atoms with E-state index in [1.165, 1.54) is 11.8 Å². The summed E-state index contributed by atoms with van der Waals surface area (Å²) in [6.07, 6.45) is 9.65. The van der Waals surface area contributed by atoms with Crippen LogP contribution in [0.15, 0.2) is 35.5 Å². The number of hydrogen-bond acceptors (Lipinski definition) is 9. The second-order valence-electron chi connectivity index (χ2n) is 15.6. The van der Waals surface area contributed by atoms with Crippen LogP contribution >= 0.6 is 0 Å². The minimum absolute atomic E-state index is 0.0234. The number of carbonyl (C=O) groups is 6. The number of amides is 5. The zero-order valence-electron chi connectivity index (χ0n) is 33.5. The highest BCUT2D eigenvalue weighted by atomic mass is 16.4. The molecule has 58 heavy (non-hydrogen) atoms. The number of guanidine groups is 1. The van der Waals surface area contributed by atoms with Crippen LogP contribution in [0.2, 0.25) is 0 Å². The van der Waals surface area contributed by atoms with Crippen LogP contribution in [0.3, 0.4) is 0 Å². The van der Waals surface area contributed by atoms with Crippen molar-refractivity contribution in [1.29, 1.82) is 0 Å². The number of para-hydroxylation sites is 1. The van der Waals surface area contributed by atoms with Gasteiger partial charge in [-0.25, -0.2) is 4.79 Å². The molecule has 14 N–H and O–H groups in total. The van der Waals surface area contributed by atoms with Gasteiger partial charge in [0.05, 0.1) is 6.04 Å². The molecule has 0 bridgehead atoms. The lowest BCUT2D eigenvalue weighted by atomic mass is 9.84. The number of carbonyl (C=O) groups excluding carboxylic acids is 5. The van der Waals surface area contributed by atoms with Crippen LogP contribution in [-0.4, -0.2) is 112 Å². The fraction of sp³-hybridized carbons (Fsp3) is 0.625. The molecule has 320 valence electrons. The Morgan fingerprint density at radius 2 is 1.52 bits per heavy atom. The van der Waals surface area contributed by atoms with Gasteiger partial charge in [-0.2, -0.15) is 0 Å². The fourth-order valence-electron chi connectivity index (χ4n) is 7.85. The van der Waals surface area contributed by atoms with Crippen molar-refractivity contribution in [3.05, 3.63) is 36.0 Å². The number of carboxylic acids is 1. The van der Waals surface area contributed by atoms with Crippen molar-refractivity contribution in [1.82, 2.24) is 31.2 Å². The Morgan fingerprint density at radius 1 is 0.845 bits per heavy atom. The summed E-state index contributed by atoms with van der Waals surface area (Å²) in [6.45, 7) is 2.41. The van der Waals surface area contributed by atoms with Gasteiger partial charge in [-0.05, 0) is 82.4 Å². The third-order valence-corrected chi connectivity index (χ3v) is 11.0. The lowest BCUT2D eigenvalue weighted by Crippen LogP contribution is -2.59. The number of fused-ring (bicyclic) bond motifs is 1. The van der Waals surface area contributed by atoms with E-state index in [0.717, 1.165) is 48.6 Å². The Balaban J connectivity index is 1.57. The molecule has 0 radical (unpaired) electrons. The van der Waals surface area contributed by atoms with Crippen LogP contribution in [0, 0.1) is 5.92 Å². The highest BCUT2D eigenvalue weighted by molar-refractivity contribution is 5.97. The summed E-state index contributed by atoms with van der Waals surface area (Å²) in [4.78, 5) is 89.8. The smallest absolute Gasteiger partial charge is 0.326 e. The normalized spacial score (nSPS) is 18.3. The molecular formula is C40H63N11O7. The van der Waals surface area contributed by atoms with Gasteiger partial charge in [0.2, 0.25) is 29.5 Å². The lowest BCUT2D eigenvalue weighted by molar-refractivity contribution is -0.143. The number of aliphatic carboxylic acids is 1. The minimum atomic E-state index is -1.29. The quantitative estimate of drug-likeness (QED) is 0.0436. The molecule has 6 atom stereocenters. The SMILES string of the molecule is C[C@H](N)C(=O)N[C@@H](CCCCN)C(=O)N1CCC[C@@H]1C(=O)N[C@H](CC1CCCCC1)C(=O)N[C@@H](Cc1c[nH]c2ccccc12)C(=O)N[C@H](CCCN=C(N)N)C(=O)O. The van der Waals surface area contributed by atoms with E-state index in [2.05, 4.69) is 31.2 Å². The van der Waals surface area contributed by atoms with E-state index in [1.807, 2.05) is 24.3 Å². The highest BCUT2D eigenvalue weighted by Crippen LogP contribution is 2.28. The first-order valence-corrected chi connectivity index (χ1v) is 20.6. The van der Waals surface area contributed by atoms with E-state index in [9.17, 15) is 33.9 Å². The van der Waals surface area contributed by atoms with E-state index < -0.39 is 71.8 Å². The van der Waals surface area contributed by atoms with Crippen LogP contribution < -0.4 is 44.2 Å². The van der Waals surface area contributed by atoms with Crippen LogP contribution in [0.1, 0.15) is 96.0 Å². The molecule has 2 aromatic rings. The highest BCUT2D eigenvalue weighted by Gasteiger charge is 2.40. The summed E-state index contributed by atoms with van der Waals surface area (Å²) in [5, 5.41) is 22.0. The fourth-order valence-corrected chi connectivity index (χ4v) is 7.85. The van der Waals surface area contributed by atoms with E-state index in [-0.39, 0.29) is 37.7 Å². The molecule has 1 aliphatic heterocycles. The summed E-state index contributed by atoms with van der Waals surface area (Å²) in [5.41, 5.74) is 23.8. The first-order valence-electron chi connectivity index (χ1n) is 20.6. The van der Waals surface area contributed by atoms with Crippen molar-refractivity contribution in [2.75, 3.05) is 19.6 Å². The summed E-state index contributed by atoms with van der Waals surface area (Å²) in [7, 11) is 0. The molecule has 1 aromatic heterocycles. The number of hydrogen-bond donors (Lipinski definition) is 10. The number of nitrogens with zero attached hydrogens (tertiary/aromatic N) is 2. The third kappa shape index (κ3) is 13.4. The van der Waals surface area contributed by atoms with Gasteiger partial charge in [-0.15, -0.1) is 0 Å². The molecule has 1 aliphatic carbocycles. The molecular weight excluding hydrogens is 747 g/mol. The summed E-state index contributed by atoms with van der Waals surface area (Å²) in [6, 6.07) is 1.29. The molecule has 0 spiro atoms. The Kier molecular flexibility index (Phi) is 17.8. The predicted octanol–water partition coefficient (Wildman–Crippen LogP) is 0.225. The van der Waals surface area contributed by atoms with E-state index >= 15 is 0 Å². The standard InChI is InChI=1S/C40H63N11O7/c1-24(42)34(52)47-29(15-7-8-18-41)38(56)51-20-10-17-33(51)37(55)50-31(21-25-11-3-2-4-12-25)35(53)49-32(22-26-23-46-28-14-6-5-13-27(26)28)36(54)48-30(39(57)58)16-9-19-45-40(43)44/h5-6,13-14,23-25,29-33,46H,2-4,7-12,15-22,41-42H2,1H3,(H,47,52)(H,48,54)(H,49,53)(H,50,55)(H,57,58)(H4,43,44,45)/t24-,29-,30+,31+,32-,33+/m0/s1. The average Bonchev–Trinajstić information content (AvgIpc) is 3.86. The third-order valence-electron chi connectivity index (χ3n) is 11.0. The number of aromatic nitrogens is 1. The molecule has 1 aromatic carbocycles. The minimum Gasteiger partial charge on any atom is -0.480 e. The number of rotatable bonds is 22. The second kappa shape index (κ2) is 22.6. The Labute approximate surface area is 339 Å². The zero-order valence-corrected chi connectivity index (χ0v) is 33.5. The van der Waals surface area contributed by atoms with Gasteiger partial charge in [0.25, 0.3) is 0 Å². The monoisotopic (exact) mass is 809 g/mol. The molecule has 18 nitrogen and oxygen atoms in total. The second-order valence-corrected chi connectivity index (χ2v) is 15.6. The maximum absolute atomic E-state index is 14.4. The average molecular weight is 810 g/mol.